The zero-order valence-electron chi connectivity index (χ0n) is 8.44. The largest absolute Gasteiger partial charge is 0.400 e. The van der Waals surface area contributed by atoms with E-state index in [0.29, 0.717) is 0 Å². The van der Waals surface area contributed by atoms with Crippen molar-refractivity contribution in [3.63, 3.8) is 0 Å². The van der Waals surface area contributed by atoms with Gasteiger partial charge < -0.3 is 5.11 Å². The molecule has 0 spiro atoms. The number of aliphatic hydroxyl groups is 1. The molecule has 66 valence electrons. The minimum absolute atomic E-state index is 0.898. The molecule has 0 aromatic heterocycles. The summed E-state index contributed by atoms with van der Waals surface area (Å²) in [5.74, 6) is 0.898. The Bertz CT molecular complexity index is 25.9. The summed E-state index contributed by atoms with van der Waals surface area (Å²) in [5.41, 5.74) is 0. The molecule has 0 rings (SSSR count). The van der Waals surface area contributed by atoms with Crippen molar-refractivity contribution in [1.29, 1.82) is 0 Å². The summed E-state index contributed by atoms with van der Waals surface area (Å²) in [5, 5.41) is 7.00. The highest BCUT2D eigenvalue weighted by atomic mass is 16.2. The number of hydrogen-bond donors (Lipinski definition) is 1. The van der Waals surface area contributed by atoms with Crippen molar-refractivity contribution in [2.24, 2.45) is 5.92 Å². The molecule has 1 nitrogen and oxygen atoms in total. The monoisotopic (exact) mass is 148 g/mol. The number of aliphatic hydroxyl groups excluding tert-OH is 1. The molecule has 0 fully saturated rings. The Labute approximate surface area is 66.5 Å². The van der Waals surface area contributed by atoms with E-state index in [4.69, 9.17) is 5.11 Å². The van der Waals surface area contributed by atoms with Gasteiger partial charge in [-0.2, -0.15) is 0 Å². The molecular formula is C9H24O. The summed E-state index contributed by atoms with van der Waals surface area (Å²) in [4.78, 5) is 0. The Hall–Kier alpha value is -0.0400. The lowest BCUT2D eigenvalue weighted by atomic mass is 10.1. The summed E-state index contributed by atoms with van der Waals surface area (Å²) >= 11 is 0. The molecule has 0 amide bonds. The minimum Gasteiger partial charge on any atom is -0.400 e. The molecule has 0 radical (unpaired) electrons. The number of rotatable bonds is 2. The van der Waals surface area contributed by atoms with Gasteiger partial charge >= 0.3 is 0 Å². The minimum atomic E-state index is 0.898. The Morgan fingerprint density at radius 2 is 1.40 bits per heavy atom. The number of hydrogen-bond acceptors (Lipinski definition) is 1. The smallest absolute Gasteiger partial charge is 0.0319 e. The summed E-state index contributed by atoms with van der Waals surface area (Å²) in [6.07, 6.45) is 2.71. The molecule has 1 N–H and O–H groups in total. The molecule has 0 aromatic carbocycles. The van der Waals surface area contributed by atoms with E-state index in [1.165, 1.54) is 12.8 Å². The van der Waals surface area contributed by atoms with Crippen LogP contribution in [-0.2, 0) is 0 Å². The molecule has 0 aliphatic heterocycles. The molecular weight excluding hydrogens is 124 g/mol. The molecule has 1 heteroatoms. The molecule has 0 atom stereocenters. The molecule has 0 heterocycles. The summed E-state index contributed by atoms with van der Waals surface area (Å²) in [6.45, 7) is 10.7. The van der Waals surface area contributed by atoms with E-state index in [0.717, 1.165) is 13.0 Å². The first kappa shape index (κ1) is 16.5. The van der Waals surface area contributed by atoms with E-state index < -0.39 is 0 Å². The van der Waals surface area contributed by atoms with Crippen molar-refractivity contribution in [3.05, 3.63) is 0 Å². The summed E-state index contributed by atoms with van der Waals surface area (Å²) in [6, 6.07) is 0. The van der Waals surface area contributed by atoms with Crippen LogP contribution in [-0.4, -0.2) is 12.2 Å². The van der Waals surface area contributed by atoms with Gasteiger partial charge in [0.2, 0.25) is 0 Å². The maximum Gasteiger partial charge on any atom is 0.0319 e. The van der Waals surface area contributed by atoms with E-state index in [2.05, 4.69) is 20.8 Å². The van der Waals surface area contributed by atoms with Crippen molar-refractivity contribution >= 4 is 0 Å². The first-order chi connectivity index (χ1) is 4.77. The highest BCUT2D eigenvalue weighted by molar-refractivity contribution is 4.38. The second kappa shape index (κ2) is 23.1. The van der Waals surface area contributed by atoms with Crippen LogP contribution in [0.2, 0.25) is 0 Å². The van der Waals surface area contributed by atoms with Crippen LogP contribution < -0.4 is 0 Å². The normalized spacial score (nSPS) is 7.20. The van der Waals surface area contributed by atoms with Gasteiger partial charge in [-0.1, -0.05) is 47.5 Å². The third-order valence-electron chi connectivity index (χ3n) is 0.866. The average molecular weight is 148 g/mol. The second-order valence-electron chi connectivity index (χ2n) is 2.18. The lowest BCUT2D eigenvalue weighted by Crippen LogP contribution is -1.81. The zero-order valence-corrected chi connectivity index (χ0v) is 8.44. The van der Waals surface area contributed by atoms with E-state index in [1.54, 1.807) is 0 Å². The molecule has 10 heavy (non-hydrogen) atoms. The van der Waals surface area contributed by atoms with E-state index in [9.17, 15) is 0 Å². The van der Waals surface area contributed by atoms with Gasteiger partial charge in [0.25, 0.3) is 0 Å². The van der Waals surface area contributed by atoms with Crippen LogP contribution in [0.15, 0.2) is 0 Å². The van der Waals surface area contributed by atoms with Crippen LogP contribution in [0.3, 0.4) is 0 Å². The van der Waals surface area contributed by atoms with Gasteiger partial charge in [-0.05, 0) is 5.92 Å². The van der Waals surface area contributed by atoms with Gasteiger partial charge in [0.1, 0.15) is 0 Å². The third-order valence-corrected chi connectivity index (χ3v) is 0.866. The van der Waals surface area contributed by atoms with Gasteiger partial charge in [0.15, 0.2) is 0 Å². The maximum absolute atomic E-state index is 7.00. The molecule has 0 bridgehead atoms. The zero-order chi connectivity index (χ0) is 8.99. The molecule has 0 aromatic rings. The summed E-state index contributed by atoms with van der Waals surface area (Å²) < 4.78 is 0. The first-order valence-corrected chi connectivity index (χ1v) is 4.22. The topological polar surface area (TPSA) is 20.2 Å². The fraction of sp³-hybridized carbons (Fsp3) is 1.00. The van der Waals surface area contributed by atoms with Gasteiger partial charge in [-0.15, -0.1) is 0 Å². The molecule has 0 saturated carbocycles. The average Bonchev–Trinajstić information content (AvgIpc) is 1.96. The van der Waals surface area contributed by atoms with Crippen molar-refractivity contribution in [2.75, 3.05) is 7.11 Å². The van der Waals surface area contributed by atoms with Crippen LogP contribution in [0.4, 0.5) is 0 Å². The van der Waals surface area contributed by atoms with Gasteiger partial charge in [0.05, 0.1) is 0 Å². The maximum atomic E-state index is 7.00. The molecule has 0 aliphatic rings. The van der Waals surface area contributed by atoms with Crippen LogP contribution in [0.1, 0.15) is 47.5 Å². The quantitative estimate of drug-likeness (QED) is 0.638. The molecule has 0 aliphatic carbocycles. The predicted molar refractivity (Wildman–Crippen MR) is 49.2 cm³/mol. The van der Waals surface area contributed by atoms with Crippen molar-refractivity contribution in [1.82, 2.24) is 0 Å². The SMILES string of the molecule is CC.CCCC(C)C.CO. The van der Waals surface area contributed by atoms with Crippen LogP contribution >= 0.6 is 0 Å². The van der Waals surface area contributed by atoms with Crippen LogP contribution in [0, 0.1) is 5.92 Å². The fourth-order valence-electron chi connectivity index (χ4n) is 0.577. The van der Waals surface area contributed by atoms with E-state index >= 15 is 0 Å². The second-order valence-corrected chi connectivity index (χ2v) is 2.18. The van der Waals surface area contributed by atoms with E-state index in [-0.39, 0.29) is 0 Å². The lowest BCUT2D eigenvalue weighted by molar-refractivity contribution is 0.399. The third kappa shape index (κ3) is 44.0. The Kier molecular flexibility index (Phi) is 38.1. The fourth-order valence-corrected chi connectivity index (χ4v) is 0.577. The summed E-state index contributed by atoms with van der Waals surface area (Å²) in [7, 11) is 1.00. The molecule has 0 unspecified atom stereocenters. The molecule has 0 saturated heterocycles. The van der Waals surface area contributed by atoms with Gasteiger partial charge in [-0.25, -0.2) is 0 Å². The predicted octanol–water partition coefficient (Wildman–Crippen LogP) is 3.08. The standard InChI is InChI=1S/C6H14.C2H6.CH4O/c1-4-5-6(2)3;2*1-2/h6H,4-5H2,1-3H3;1-2H3;2H,1H3. The van der Waals surface area contributed by atoms with Crippen LogP contribution in [0.5, 0.6) is 0 Å². The highest BCUT2D eigenvalue weighted by Crippen LogP contribution is 2.00. The first-order valence-electron chi connectivity index (χ1n) is 4.22. The Morgan fingerprint density at radius 3 is 1.40 bits per heavy atom. The van der Waals surface area contributed by atoms with E-state index in [1.807, 2.05) is 13.8 Å². The van der Waals surface area contributed by atoms with Gasteiger partial charge in [0, 0.05) is 7.11 Å². The lowest BCUT2D eigenvalue weighted by Gasteiger charge is -1.95. The van der Waals surface area contributed by atoms with Crippen LogP contribution in [0.25, 0.3) is 0 Å². The highest BCUT2D eigenvalue weighted by Gasteiger charge is 1.85. The van der Waals surface area contributed by atoms with Crippen molar-refractivity contribution in [2.45, 2.75) is 47.5 Å². The van der Waals surface area contributed by atoms with Crippen molar-refractivity contribution in [3.8, 4) is 0 Å². The Morgan fingerprint density at radius 1 is 1.10 bits per heavy atom. The van der Waals surface area contributed by atoms with Crippen molar-refractivity contribution < 1.29 is 5.11 Å². The van der Waals surface area contributed by atoms with Gasteiger partial charge in [-0.3, -0.25) is 0 Å². The Balaban J connectivity index is -0.000000105.